The Morgan fingerprint density at radius 1 is 1.33 bits per heavy atom. The Balaban J connectivity index is 2.71. The standard InChI is InChI=1S/C10H17N3O4S/c11-8-1-2-9(10(7-8)18(12,15)16)13-3-5-17-6-4-14/h1-2,7,13-14H,3-6,11H2,(H2,12,15,16). The van der Waals surface area contributed by atoms with Gasteiger partial charge in [-0.2, -0.15) is 0 Å². The fourth-order valence-corrected chi connectivity index (χ4v) is 2.09. The number of nitrogen functional groups attached to an aromatic ring is 1. The van der Waals surface area contributed by atoms with Crippen molar-refractivity contribution < 1.29 is 18.3 Å². The molecule has 0 heterocycles. The normalized spacial score (nSPS) is 11.4. The summed E-state index contributed by atoms with van der Waals surface area (Å²) in [6, 6.07) is 4.42. The van der Waals surface area contributed by atoms with Crippen LogP contribution in [-0.4, -0.2) is 39.9 Å². The number of nitrogens with one attached hydrogen (secondary N) is 1. The largest absolute Gasteiger partial charge is 0.399 e. The van der Waals surface area contributed by atoms with Crippen molar-refractivity contribution in [2.45, 2.75) is 4.90 Å². The monoisotopic (exact) mass is 275 g/mol. The van der Waals surface area contributed by atoms with Gasteiger partial charge in [-0.3, -0.25) is 0 Å². The van der Waals surface area contributed by atoms with Crippen molar-refractivity contribution in [1.29, 1.82) is 0 Å². The Morgan fingerprint density at radius 2 is 2.06 bits per heavy atom. The Bertz CT molecular complexity index is 490. The molecular formula is C10H17N3O4S. The summed E-state index contributed by atoms with van der Waals surface area (Å²) in [5.74, 6) is 0. The third-order valence-corrected chi connectivity index (χ3v) is 3.06. The van der Waals surface area contributed by atoms with Gasteiger partial charge in [0.1, 0.15) is 4.90 Å². The number of hydrogen-bond donors (Lipinski definition) is 4. The Hall–Kier alpha value is -1.35. The minimum absolute atomic E-state index is 0.0512. The second-order valence-corrected chi connectivity index (χ2v) is 5.09. The van der Waals surface area contributed by atoms with E-state index in [0.29, 0.717) is 24.5 Å². The van der Waals surface area contributed by atoms with E-state index in [1.807, 2.05) is 0 Å². The minimum atomic E-state index is -3.83. The number of benzene rings is 1. The smallest absolute Gasteiger partial charge is 0.240 e. The molecule has 0 amide bonds. The Kier molecular flexibility index (Phi) is 5.35. The van der Waals surface area contributed by atoms with Gasteiger partial charge in [-0.15, -0.1) is 0 Å². The van der Waals surface area contributed by atoms with Gasteiger partial charge in [0.05, 0.1) is 25.5 Å². The fraction of sp³-hybridized carbons (Fsp3) is 0.400. The van der Waals surface area contributed by atoms with Gasteiger partial charge in [-0.05, 0) is 18.2 Å². The molecule has 0 radical (unpaired) electrons. The lowest BCUT2D eigenvalue weighted by atomic mass is 10.3. The maximum Gasteiger partial charge on any atom is 0.240 e. The predicted molar refractivity (Wildman–Crippen MR) is 68.6 cm³/mol. The molecule has 0 spiro atoms. The van der Waals surface area contributed by atoms with Gasteiger partial charge in [0, 0.05) is 12.2 Å². The molecule has 1 aromatic carbocycles. The molecule has 0 fully saturated rings. The van der Waals surface area contributed by atoms with Crippen molar-refractivity contribution >= 4 is 21.4 Å². The van der Waals surface area contributed by atoms with Crippen molar-refractivity contribution in [1.82, 2.24) is 0 Å². The summed E-state index contributed by atoms with van der Waals surface area (Å²) in [6.45, 7) is 0.928. The predicted octanol–water partition coefficient (Wildman–Crippen LogP) is -0.663. The van der Waals surface area contributed by atoms with Crippen LogP contribution in [0.1, 0.15) is 0 Å². The number of sulfonamides is 1. The highest BCUT2D eigenvalue weighted by atomic mass is 32.2. The second-order valence-electron chi connectivity index (χ2n) is 3.56. The number of ether oxygens (including phenoxy) is 1. The van der Waals surface area contributed by atoms with Crippen LogP contribution in [0.15, 0.2) is 23.1 Å². The molecule has 18 heavy (non-hydrogen) atoms. The molecule has 102 valence electrons. The molecule has 1 rings (SSSR count). The van der Waals surface area contributed by atoms with Gasteiger partial charge >= 0.3 is 0 Å². The number of hydrogen-bond acceptors (Lipinski definition) is 6. The van der Waals surface area contributed by atoms with Gasteiger partial charge in [0.2, 0.25) is 10.0 Å². The lowest BCUT2D eigenvalue weighted by Gasteiger charge is -2.11. The van der Waals surface area contributed by atoms with Crippen LogP contribution in [0.4, 0.5) is 11.4 Å². The first-order valence-electron chi connectivity index (χ1n) is 5.30. The molecule has 8 heteroatoms. The molecule has 0 atom stereocenters. The zero-order valence-electron chi connectivity index (χ0n) is 9.80. The van der Waals surface area contributed by atoms with Crippen LogP contribution >= 0.6 is 0 Å². The highest BCUT2D eigenvalue weighted by molar-refractivity contribution is 7.89. The van der Waals surface area contributed by atoms with Crippen molar-refractivity contribution in [2.24, 2.45) is 5.14 Å². The van der Waals surface area contributed by atoms with E-state index in [1.54, 1.807) is 12.1 Å². The maximum absolute atomic E-state index is 11.4. The van der Waals surface area contributed by atoms with E-state index in [1.165, 1.54) is 6.07 Å². The second kappa shape index (κ2) is 6.55. The summed E-state index contributed by atoms with van der Waals surface area (Å²) in [5, 5.41) is 16.5. The van der Waals surface area contributed by atoms with Crippen LogP contribution in [0.3, 0.4) is 0 Å². The molecule has 0 aliphatic rings. The highest BCUT2D eigenvalue weighted by Crippen LogP contribution is 2.22. The van der Waals surface area contributed by atoms with Crippen LogP contribution in [0.5, 0.6) is 0 Å². The first-order valence-corrected chi connectivity index (χ1v) is 6.84. The summed E-state index contributed by atoms with van der Waals surface area (Å²) in [5.41, 5.74) is 6.21. The molecule has 0 unspecified atom stereocenters. The van der Waals surface area contributed by atoms with Gasteiger partial charge in [-0.1, -0.05) is 0 Å². The summed E-state index contributed by atoms with van der Waals surface area (Å²) in [6.07, 6.45) is 0. The van der Waals surface area contributed by atoms with E-state index in [4.69, 9.17) is 20.7 Å². The molecule has 0 aliphatic carbocycles. The zero-order valence-corrected chi connectivity index (χ0v) is 10.6. The molecule has 7 nitrogen and oxygen atoms in total. The zero-order chi connectivity index (χ0) is 13.6. The van der Waals surface area contributed by atoms with E-state index in [0.717, 1.165) is 0 Å². The highest BCUT2D eigenvalue weighted by Gasteiger charge is 2.13. The summed E-state index contributed by atoms with van der Waals surface area (Å²) >= 11 is 0. The van der Waals surface area contributed by atoms with Crippen LogP contribution in [-0.2, 0) is 14.8 Å². The molecule has 0 aliphatic heterocycles. The van der Waals surface area contributed by atoms with E-state index >= 15 is 0 Å². The lowest BCUT2D eigenvalue weighted by molar-refractivity contribution is 0.0992. The van der Waals surface area contributed by atoms with Crippen molar-refractivity contribution in [3.63, 3.8) is 0 Å². The fourth-order valence-electron chi connectivity index (χ4n) is 1.34. The van der Waals surface area contributed by atoms with E-state index in [-0.39, 0.29) is 18.1 Å². The van der Waals surface area contributed by atoms with Crippen molar-refractivity contribution in [3.8, 4) is 0 Å². The van der Waals surface area contributed by atoms with Crippen LogP contribution in [0.25, 0.3) is 0 Å². The third kappa shape index (κ3) is 4.49. The average molecular weight is 275 g/mol. The number of nitrogens with two attached hydrogens (primary N) is 2. The first-order chi connectivity index (χ1) is 8.45. The van der Waals surface area contributed by atoms with Crippen LogP contribution in [0.2, 0.25) is 0 Å². The minimum Gasteiger partial charge on any atom is -0.399 e. The molecular weight excluding hydrogens is 258 g/mol. The Labute approximate surface area is 106 Å². The molecule has 0 aromatic heterocycles. The average Bonchev–Trinajstić information content (AvgIpc) is 2.29. The van der Waals surface area contributed by atoms with Gasteiger partial charge in [0.25, 0.3) is 0 Å². The van der Waals surface area contributed by atoms with Gasteiger partial charge < -0.3 is 20.9 Å². The number of rotatable bonds is 7. The number of aliphatic hydroxyl groups excluding tert-OH is 1. The summed E-state index contributed by atoms with van der Waals surface area (Å²) < 4.78 is 27.8. The topological polar surface area (TPSA) is 128 Å². The molecule has 6 N–H and O–H groups in total. The van der Waals surface area contributed by atoms with Gasteiger partial charge in [0.15, 0.2) is 0 Å². The van der Waals surface area contributed by atoms with Crippen LogP contribution in [0, 0.1) is 0 Å². The summed E-state index contributed by atoms with van der Waals surface area (Å²) in [4.78, 5) is -0.0512. The van der Waals surface area contributed by atoms with Crippen molar-refractivity contribution in [3.05, 3.63) is 18.2 Å². The van der Waals surface area contributed by atoms with Crippen molar-refractivity contribution in [2.75, 3.05) is 37.4 Å². The third-order valence-electron chi connectivity index (χ3n) is 2.11. The quantitative estimate of drug-likeness (QED) is 0.386. The number of aliphatic hydroxyl groups is 1. The lowest BCUT2D eigenvalue weighted by Crippen LogP contribution is -2.17. The molecule has 0 saturated carbocycles. The van der Waals surface area contributed by atoms with E-state index in [9.17, 15) is 8.42 Å². The SMILES string of the molecule is Nc1ccc(NCCOCCO)c(S(N)(=O)=O)c1. The number of anilines is 2. The maximum atomic E-state index is 11.4. The number of primary sulfonamides is 1. The Morgan fingerprint density at radius 3 is 2.67 bits per heavy atom. The van der Waals surface area contributed by atoms with Gasteiger partial charge in [-0.25, -0.2) is 13.6 Å². The van der Waals surface area contributed by atoms with Crippen LogP contribution < -0.4 is 16.2 Å². The van der Waals surface area contributed by atoms with E-state index < -0.39 is 10.0 Å². The molecule has 0 bridgehead atoms. The first kappa shape index (κ1) is 14.7. The molecule has 1 aromatic rings. The van der Waals surface area contributed by atoms with E-state index in [2.05, 4.69) is 5.32 Å². The molecule has 0 saturated heterocycles. The summed E-state index contributed by atoms with van der Waals surface area (Å²) in [7, 11) is -3.83.